The van der Waals surface area contributed by atoms with Gasteiger partial charge in [0.1, 0.15) is 0 Å². The third-order valence-electron chi connectivity index (χ3n) is 2.26. The highest BCUT2D eigenvalue weighted by Gasteiger charge is 2.61. The highest BCUT2D eigenvalue weighted by Crippen LogP contribution is 2.47. The van der Waals surface area contributed by atoms with Crippen molar-refractivity contribution in [2.45, 2.75) is 11.7 Å². The summed E-state index contributed by atoms with van der Waals surface area (Å²) in [6, 6.07) is 0. The molecule has 12 heavy (non-hydrogen) atoms. The number of fused-ring (bicyclic) bond motifs is 2. The summed E-state index contributed by atoms with van der Waals surface area (Å²) in [6.07, 6.45) is 3.98. The lowest BCUT2D eigenvalue weighted by molar-refractivity contribution is -0.110. The number of carbonyl (C=O) groups excluding carboxylic acids is 1. The number of rotatable bonds is 1. The number of epoxide rings is 1. The predicted molar refractivity (Wildman–Crippen MR) is 36.9 cm³/mol. The monoisotopic (exact) mass is 166 g/mol. The molecule has 2 aliphatic heterocycles. The van der Waals surface area contributed by atoms with Crippen molar-refractivity contribution in [3.05, 3.63) is 23.7 Å². The third kappa shape index (κ3) is 0.549. The van der Waals surface area contributed by atoms with E-state index in [9.17, 15) is 4.79 Å². The van der Waals surface area contributed by atoms with E-state index in [-0.39, 0.29) is 12.9 Å². The second-order valence-electron chi connectivity index (χ2n) is 2.94. The number of hydrogen-bond donors (Lipinski definition) is 0. The lowest BCUT2D eigenvalue weighted by Crippen LogP contribution is -2.18. The van der Waals surface area contributed by atoms with E-state index in [0.29, 0.717) is 11.5 Å². The minimum absolute atomic E-state index is 0.226. The van der Waals surface area contributed by atoms with Gasteiger partial charge in [0.05, 0.1) is 0 Å². The summed E-state index contributed by atoms with van der Waals surface area (Å²) in [5, 5.41) is 0. The summed E-state index contributed by atoms with van der Waals surface area (Å²) in [4.78, 5) is 10.6. The second-order valence-corrected chi connectivity index (χ2v) is 2.94. The lowest BCUT2D eigenvalue weighted by atomic mass is 10.0. The van der Waals surface area contributed by atoms with Crippen LogP contribution in [0.2, 0.25) is 0 Å². The number of allylic oxidation sites excluding steroid dienone is 1. The molecule has 3 aliphatic rings. The van der Waals surface area contributed by atoms with Crippen molar-refractivity contribution >= 4 is 6.29 Å². The van der Waals surface area contributed by atoms with Gasteiger partial charge in [-0.2, -0.15) is 0 Å². The molecular formula is C8H6O4. The van der Waals surface area contributed by atoms with Crippen LogP contribution < -0.4 is 0 Å². The molecule has 0 bridgehead atoms. The van der Waals surface area contributed by atoms with E-state index in [1.54, 1.807) is 12.2 Å². The van der Waals surface area contributed by atoms with Crippen LogP contribution in [-0.2, 0) is 19.0 Å². The maximum Gasteiger partial charge on any atom is 0.230 e. The zero-order chi connectivity index (χ0) is 8.18. The van der Waals surface area contributed by atoms with Gasteiger partial charge in [-0.1, -0.05) is 0 Å². The van der Waals surface area contributed by atoms with E-state index in [0.717, 1.165) is 6.29 Å². The molecule has 1 aliphatic carbocycles. The van der Waals surface area contributed by atoms with Crippen LogP contribution in [-0.4, -0.2) is 24.8 Å². The highest BCUT2D eigenvalue weighted by molar-refractivity contribution is 5.74. The average molecular weight is 166 g/mol. The van der Waals surface area contributed by atoms with E-state index in [4.69, 9.17) is 14.2 Å². The van der Waals surface area contributed by atoms with E-state index in [1.165, 1.54) is 0 Å². The van der Waals surface area contributed by atoms with Gasteiger partial charge >= 0.3 is 0 Å². The van der Waals surface area contributed by atoms with Crippen molar-refractivity contribution < 1.29 is 19.0 Å². The maximum atomic E-state index is 10.6. The summed E-state index contributed by atoms with van der Waals surface area (Å²) in [5.41, 5.74) is -0.744. The van der Waals surface area contributed by atoms with Crippen LogP contribution in [0.1, 0.15) is 0 Å². The summed E-state index contributed by atoms with van der Waals surface area (Å²) >= 11 is 0. The van der Waals surface area contributed by atoms with Crippen LogP contribution in [0, 0.1) is 0 Å². The van der Waals surface area contributed by atoms with E-state index < -0.39 is 5.60 Å². The first-order valence-corrected chi connectivity index (χ1v) is 3.69. The van der Waals surface area contributed by atoms with Crippen molar-refractivity contribution in [3.8, 4) is 0 Å². The second kappa shape index (κ2) is 1.72. The Morgan fingerprint density at radius 1 is 1.58 bits per heavy atom. The average Bonchev–Trinajstić information content (AvgIpc) is 2.67. The molecule has 0 amide bonds. The quantitative estimate of drug-likeness (QED) is 0.409. The van der Waals surface area contributed by atoms with Gasteiger partial charge in [-0.15, -0.1) is 0 Å². The van der Waals surface area contributed by atoms with Crippen molar-refractivity contribution in [2.75, 3.05) is 6.79 Å². The van der Waals surface area contributed by atoms with E-state index in [1.807, 2.05) is 0 Å². The van der Waals surface area contributed by atoms with Crippen molar-refractivity contribution in [1.82, 2.24) is 0 Å². The Balaban J connectivity index is 2.03. The predicted octanol–water partition coefficient (Wildman–Crippen LogP) is 0.109. The highest BCUT2D eigenvalue weighted by atomic mass is 16.7. The van der Waals surface area contributed by atoms with Gasteiger partial charge in [-0.25, -0.2) is 0 Å². The van der Waals surface area contributed by atoms with Gasteiger partial charge in [0, 0.05) is 0 Å². The molecule has 0 aromatic heterocycles. The first-order chi connectivity index (χ1) is 5.86. The van der Waals surface area contributed by atoms with E-state index in [2.05, 4.69) is 0 Å². The fraction of sp³-hybridized carbons (Fsp3) is 0.375. The fourth-order valence-corrected chi connectivity index (χ4v) is 1.52. The van der Waals surface area contributed by atoms with Crippen LogP contribution in [0.25, 0.3) is 0 Å². The van der Waals surface area contributed by atoms with Crippen LogP contribution in [0.4, 0.5) is 0 Å². The standard InChI is InChI=1S/C8H6O4/c9-3-8-2-1-5-6(7(8)12-8)11-4-10-5/h1-3,7H,4H2. The molecule has 0 spiro atoms. The van der Waals surface area contributed by atoms with Crippen LogP contribution >= 0.6 is 0 Å². The first-order valence-electron chi connectivity index (χ1n) is 3.69. The van der Waals surface area contributed by atoms with Gasteiger partial charge in [0.2, 0.25) is 6.79 Å². The van der Waals surface area contributed by atoms with Gasteiger partial charge in [0.15, 0.2) is 29.5 Å². The molecule has 0 N–H and O–H groups in total. The molecule has 2 unspecified atom stereocenters. The number of ether oxygens (including phenoxy) is 3. The zero-order valence-corrected chi connectivity index (χ0v) is 6.15. The molecule has 62 valence electrons. The zero-order valence-electron chi connectivity index (χ0n) is 6.15. The Morgan fingerprint density at radius 2 is 2.50 bits per heavy atom. The summed E-state index contributed by atoms with van der Waals surface area (Å²) < 4.78 is 15.5. The summed E-state index contributed by atoms with van der Waals surface area (Å²) in [5.74, 6) is 1.35. The Bertz CT molecular complexity index is 317. The Hall–Kier alpha value is -1.29. The van der Waals surface area contributed by atoms with Crippen molar-refractivity contribution in [2.24, 2.45) is 0 Å². The molecule has 0 radical (unpaired) electrons. The minimum atomic E-state index is -0.744. The normalized spacial score (nSPS) is 41.2. The smallest absolute Gasteiger partial charge is 0.230 e. The van der Waals surface area contributed by atoms with Crippen molar-refractivity contribution in [1.29, 1.82) is 0 Å². The third-order valence-corrected chi connectivity index (χ3v) is 2.26. The molecule has 2 atom stereocenters. The number of carbonyl (C=O) groups is 1. The van der Waals surface area contributed by atoms with E-state index >= 15 is 0 Å². The molecule has 1 fully saturated rings. The molecule has 0 saturated carbocycles. The Morgan fingerprint density at radius 3 is 3.33 bits per heavy atom. The van der Waals surface area contributed by atoms with Crippen LogP contribution in [0.3, 0.4) is 0 Å². The molecular weight excluding hydrogens is 160 g/mol. The van der Waals surface area contributed by atoms with Gasteiger partial charge in [-0.3, -0.25) is 4.79 Å². The van der Waals surface area contributed by atoms with Gasteiger partial charge < -0.3 is 14.2 Å². The fourth-order valence-electron chi connectivity index (χ4n) is 1.52. The largest absolute Gasteiger partial charge is 0.455 e. The molecule has 4 nitrogen and oxygen atoms in total. The van der Waals surface area contributed by atoms with Gasteiger partial charge in [0.25, 0.3) is 0 Å². The summed E-state index contributed by atoms with van der Waals surface area (Å²) in [7, 11) is 0. The lowest BCUT2D eigenvalue weighted by Gasteiger charge is -2.03. The first kappa shape index (κ1) is 6.25. The maximum absolute atomic E-state index is 10.6. The topological polar surface area (TPSA) is 48.1 Å². The Kier molecular flexibility index (Phi) is 0.895. The van der Waals surface area contributed by atoms with Crippen LogP contribution in [0.5, 0.6) is 0 Å². The molecule has 0 aromatic carbocycles. The number of aldehydes is 1. The minimum Gasteiger partial charge on any atom is -0.455 e. The van der Waals surface area contributed by atoms with Gasteiger partial charge in [-0.05, 0) is 12.2 Å². The molecule has 3 rings (SSSR count). The molecule has 2 heterocycles. The molecule has 0 aromatic rings. The van der Waals surface area contributed by atoms with Crippen molar-refractivity contribution in [3.63, 3.8) is 0 Å². The molecule has 1 saturated heterocycles. The number of hydrogen-bond acceptors (Lipinski definition) is 4. The SMILES string of the molecule is O=CC12C=CC3=C(OCO3)C1O2. The molecule has 4 heteroatoms. The summed E-state index contributed by atoms with van der Waals surface area (Å²) in [6.45, 7) is 0.226. The Labute approximate surface area is 68.4 Å². The van der Waals surface area contributed by atoms with Crippen LogP contribution in [0.15, 0.2) is 23.7 Å².